The Morgan fingerprint density at radius 1 is 1.06 bits per heavy atom. The minimum Gasteiger partial charge on any atom is -0.484 e. The van der Waals surface area contributed by atoms with Gasteiger partial charge in [0.1, 0.15) is 23.4 Å². The molecule has 0 radical (unpaired) electrons. The number of fused-ring (bicyclic) bond motifs is 2. The molecule has 0 unspecified atom stereocenters. The molecule has 3 atom stereocenters. The number of rotatable bonds is 10. The van der Waals surface area contributed by atoms with Crippen molar-refractivity contribution in [2.24, 2.45) is 0 Å². The number of carbonyl (C=O) groups is 3. The maximum atomic E-state index is 13.5. The number of hydrogen-bond acceptors (Lipinski definition) is 8. The highest BCUT2D eigenvalue weighted by atomic mass is 16.5. The summed E-state index contributed by atoms with van der Waals surface area (Å²) >= 11 is 0. The van der Waals surface area contributed by atoms with Crippen LogP contribution in [-0.4, -0.2) is 74.2 Å². The van der Waals surface area contributed by atoms with Crippen molar-refractivity contribution >= 4 is 29.7 Å². The van der Waals surface area contributed by atoms with Crippen LogP contribution in [0.3, 0.4) is 0 Å². The number of carbonyl (C=O) groups excluding carboxylic acids is 2. The molecule has 13 nitrogen and oxygen atoms in total. The number of ether oxygens (including phenoxy) is 1. The first-order valence-corrected chi connectivity index (χ1v) is 17.3. The number of likely N-dealkylation sites (N-methyl/N-ethyl adjacent to an activating group) is 1. The molecule has 0 bridgehead atoms. The highest BCUT2D eigenvalue weighted by Gasteiger charge is 2.30. The van der Waals surface area contributed by atoms with E-state index in [0.717, 1.165) is 41.2 Å². The molecule has 51 heavy (non-hydrogen) atoms. The Labute approximate surface area is 300 Å². The fraction of sp³-hybridized carbons (Fsp3) is 0.474. The van der Waals surface area contributed by atoms with Crippen molar-refractivity contribution in [2.45, 2.75) is 96.7 Å². The minimum atomic E-state index is -0.351. The van der Waals surface area contributed by atoms with E-state index < -0.39 is 0 Å². The van der Waals surface area contributed by atoms with E-state index in [1.54, 1.807) is 6.07 Å². The molecule has 1 aliphatic rings. The summed E-state index contributed by atoms with van der Waals surface area (Å²) < 4.78 is 8.57. The number of aromatic nitrogens is 4. The van der Waals surface area contributed by atoms with Gasteiger partial charge in [0.2, 0.25) is 0 Å². The Balaban J connectivity index is 0.00000188. The van der Waals surface area contributed by atoms with Gasteiger partial charge in [-0.15, -0.1) is 10.2 Å². The van der Waals surface area contributed by atoms with Crippen LogP contribution in [0, 0.1) is 0 Å². The Hall–Kier alpha value is -5.04. The van der Waals surface area contributed by atoms with Crippen LogP contribution in [-0.2, 0) is 10.2 Å². The number of anilines is 1. The third-order valence-electron chi connectivity index (χ3n) is 9.45. The van der Waals surface area contributed by atoms with Gasteiger partial charge in [-0.25, -0.2) is 9.78 Å². The highest BCUT2D eigenvalue weighted by Crippen LogP contribution is 2.39. The van der Waals surface area contributed by atoms with E-state index in [-0.39, 0.29) is 53.1 Å². The zero-order chi connectivity index (χ0) is 37.5. The smallest absolute Gasteiger partial charge is 0.319 e. The van der Waals surface area contributed by atoms with Gasteiger partial charge in [0.15, 0.2) is 5.65 Å². The van der Waals surface area contributed by atoms with Crippen LogP contribution in [0.5, 0.6) is 5.75 Å². The lowest BCUT2D eigenvalue weighted by Gasteiger charge is -2.32. The van der Waals surface area contributed by atoms with Crippen molar-refractivity contribution in [2.75, 3.05) is 26.0 Å². The molecule has 0 fully saturated rings. The third kappa shape index (κ3) is 9.60. The molecule has 4 aromatic rings. The molecule has 0 aliphatic heterocycles. The van der Waals surface area contributed by atoms with Crippen LogP contribution in [0.15, 0.2) is 54.7 Å². The van der Waals surface area contributed by atoms with Gasteiger partial charge >= 0.3 is 6.03 Å². The number of benzene rings is 1. The maximum Gasteiger partial charge on any atom is 0.319 e. The molecule has 0 saturated heterocycles. The van der Waals surface area contributed by atoms with Gasteiger partial charge in [-0.2, -0.15) is 0 Å². The maximum absolute atomic E-state index is 13.5. The number of nitrogens with zero attached hydrogens (tertiary/aromatic N) is 5. The van der Waals surface area contributed by atoms with Gasteiger partial charge in [-0.3, -0.25) is 14.0 Å². The summed E-state index contributed by atoms with van der Waals surface area (Å²) in [6, 6.07) is 14.9. The van der Waals surface area contributed by atoms with E-state index in [0.29, 0.717) is 24.3 Å². The van der Waals surface area contributed by atoms with Gasteiger partial charge in [0, 0.05) is 34.8 Å². The third-order valence-corrected chi connectivity index (χ3v) is 9.45. The van der Waals surface area contributed by atoms with Gasteiger partial charge in [0.25, 0.3) is 12.4 Å². The molecule has 3 aromatic heterocycles. The lowest BCUT2D eigenvalue weighted by molar-refractivity contribution is -0.122. The predicted octanol–water partition coefficient (Wildman–Crippen LogP) is 6.48. The molecule has 4 N–H and O–H groups in total. The summed E-state index contributed by atoms with van der Waals surface area (Å²) in [6.07, 6.45) is 4.18. The Kier molecular flexibility index (Phi) is 12.4. The molecule has 5 rings (SSSR count). The van der Waals surface area contributed by atoms with E-state index in [1.165, 1.54) is 0 Å². The fourth-order valence-electron chi connectivity index (χ4n) is 5.64. The van der Waals surface area contributed by atoms with Crippen LogP contribution in [0.2, 0.25) is 0 Å². The average molecular weight is 701 g/mol. The van der Waals surface area contributed by atoms with Gasteiger partial charge in [-0.05, 0) is 82.6 Å². The second-order valence-electron chi connectivity index (χ2n) is 14.8. The standard InChI is InChI=1S/C37H50N8O3.CH2O2/c1-10-23(2)33-43-42-32-18-15-25(21-45(32)33)48-30-17-16-28(26-13-11-12-14-27(26)30)41-35(47)39-24-19-29(40-31(20-24)36(3,4)5)34(46)38-22-37(6,7)44(8)9;2-1-3/h11-15,18-21,23,28,30H,10,16-17,22H2,1-9H3,(H,38,46)(H2,39,40,41,47);1H,(H,2,3)/t23-,28-,30+;/m0./s1. The number of carboxylic acid groups (broad SMARTS) is 1. The number of urea groups is 1. The SMILES string of the molecule is CC[C@H](C)c1nnc2ccc(O[C@@H]3CC[C@H](NC(=O)Nc4cc(C(=O)NCC(C)(C)N(C)C)nc(C(C)(C)C)c4)c4ccccc43)cn12.O=CO. The average Bonchev–Trinajstić information content (AvgIpc) is 3.51. The molecule has 1 aromatic carbocycles. The summed E-state index contributed by atoms with van der Waals surface area (Å²) in [7, 11) is 3.96. The number of hydrogen-bond donors (Lipinski definition) is 4. The van der Waals surface area contributed by atoms with Crippen molar-refractivity contribution < 1.29 is 24.2 Å². The molecule has 274 valence electrons. The molecule has 0 saturated carbocycles. The van der Waals surface area contributed by atoms with E-state index >= 15 is 0 Å². The summed E-state index contributed by atoms with van der Waals surface area (Å²) in [5.41, 5.74) is 3.76. The first kappa shape index (κ1) is 38.8. The van der Waals surface area contributed by atoms with E-state index in [2.05, 4.69) is 69.8 Å². The predicted molar refractivity (Wildman–Crippen MR) is 197 cm³/mol. The molecule has 0 spiro atoms. The van der Waals surface area contributed by atoms with Gasteiger partial charge < -0.3 is 30.7 Å². The van der Waals surface area contributed by atoms with E-state index in [1.807, 2.05) is 81.9 Å². The van der Waals surface area contributed by atoms with Crippen molar-refractivity contribution in [1.29, 1.82) is 0 Å². The Morgan fingerprint density at radius 2 is 1.75 bits per heavy atom. The molecular weight excluding hydrogens is 648 g/mol. The van der Waals surface area contributed by atoms with Gasteiger partial charge in [0.05, 0.1) is 12.2 Å². The quantitative estimate of drug-likeness (QED) is 0.136. The number of nitrogens with one attached hydrogen (secondary N) is 3. The minimum absolute atomic E-state index is 0.170. The van der Waals surface area contributed by atoms with Crippen LogP contribution in [0.1, 0.15) is 119 Å². The molecule has 3 heterocycles. The van der Waals surface area contributed by atoms with E-state index in [9.17, 15) is 9.59 Å². The van der Waals surface area contributed by atoms with E-state index in [4.69, 9.17) is 14.6 Å². The monoisotopic (exact) mass is 700 g/mol. The number of pyridine rings is 2. The summed E-state index contributed by atoms with van der Waals surface area (Å²) in [6.45, 7) is 14.7. The summed E-state index contributed by atoms with van der Waals surface area (Å²) in [5.74, 6) is 1.65. The molecular formula is C38H52N8O5. The highest BCUT2D eigenvalue weighted by molar-refractivity contribution is 5.95. The van der Waals surface area contributed by atoms with Crippen LogP contribution in [0.4, 0.5) is 10.5 Å². The van der Waals surface area contributed by atoms with Crippen molar-refractivity contribution in [3.8, 4) is 5.75 Å². The second-order valence-corrected chi connectivity index (χ2v) is 14.8. The summed E-state index contributed by atoms with van der Waals surface area (Å²) in [5, 5.41) is 24.8. The first-order chi connectivity index (χ1) is 24.1. The topological polar surface area (TPSA) is 163 Å². The fourth-order valence-corrected chi connectivity index (χ4v) is 5.64. The molecule has 3 amide bonds. The summed E-state index contributed by atoms with van der Waals surface area (Å²) in [4.78, 5) is 41.7. The number of amides is 3. The normalized spacial score (nSPS) is 16.4. The van der Waals surface area contributed by atoms with Crippen molar-refractivity contribution in [3.05, 3.63) is 83.1 Å². The Morgan fingerprint density at radius 3 is 2.39 bits per heavy atom. The first-order valence-electron chi connectivity index (χ1n) is 17.3. The van der Waals surface area contributed by atoms with Crippen LogP contribution >= 0.6 is 0 Å². The van der Waals surface area contributed by atoms with Crippen molar-refractivity contribution in [3.63, 3.8) is 0 Å². The lowest BCUT2D eigenvalue weighted by atomic mass is 9.85. The second kappa shape index (κ2) is 16.3. The zero-order valence-electron chi connectivity index (χ0n) is 31.2. The largest absolute Gasteiger partial charge is 0.484 e. The van der Waals surface area contributed by atoms with Crippen molar-refractivity contribution in [1.82, 2.24) is 35.1 Å². The zero-order valence-corrected chi connectivity index (χ0v) is 31.2. The van der Waals surface area contributed by atoms with Crippen LogP contribution in [0.25, 0.3) is 5.65 Å². The Bertz CT molecular complexity index is 1830. The lowest BCUT2D eigenvalue weighted by Crippen LogP contribution is -2.48. The van der Waals surface area contributed by atoms with Crippen LogP contribution < -0.4 is 20.7 Å². The van der Waals surface area contributed by atoms with Gasteiger partial charge in [-0.1, -0.05) is 58.9 Å². The molecule has 13 heteroatoms. The molecule has 1 aliphatic carbocycles.